The molecule has 1 aromatic heterocycles. The van der Waals surface area contributed by atoms with Crippen molar-refractivity contribution in [3.63, 3.8) is 0 Å². The van der Waals surface area contributed by atoms with Crippen LogP contribution in [-0.2, 0) is 29.5 Å². The van der Waals surface area contributed by atoms with E-state index in [1.807, 2.05) is 6.07 Å². The fraction of sp³-hybridized carbons (Fsp3) is 0.368. The van der Waals surface area contributed by atoms with Crippen LogP contribution in [-0.4, -0.2) is 52.2 Å². The molecule has 8 nitrogen and oxygen atoms in total. The topological polar surface area (TPSA) is 93.5 Å². The van der Waals surface area contributed by atoms with Crippen LogP contribution in [0.5, 0.6) is 0 Å². The van der Waals surface area contributed by atoms with Gasteiger partial charge in [0.05, 0.1) is 13.2 Å². The predicted octanol–water partition coefficient (Wildman–Crippen LogP) is 0.911. The van der Waals surface area contributed by atoms with Crippen LogP contribution in [0.1, 0.15) is 39.0 Å². The fourth-order valence-corrected chi connectivity index (χ4v) is 3.13. The monoisotopic (exact) mass is 370 g/mol. The number of carbonyl (C=O) groups excluding carboxylic acids is 3. The molecular weight excluding hydrogens is 348 g/mol. The van der Waals surface area contributed by atoms with Crippen LogP contribution in [0.15, 0.2) is 30.3 Å². The lowest BCUT2D eigenvalue weighted by molar-refractivity contribution is -0.131. The van der Waals surface area contributed by atoms with Crippen molar-refractivity contribution in [3.8, 4) is 0 Å². The van der Waals surface area contributed by atoms with E-state index in [2.05, 4.69) is 10.4 Å². The second-order valence-corrected chi connectivity index (χ2v) is 6.23. The van der Waals surface area contributed by atoms with Crippen LogP contribution < -0.4 is 5.32 Å². The van der Waals surface area contributed by atoms with E-state index in [-0.39, 0.29) is 37.2 Å². The average Bonchev–Trinajstić information content (AvgIpc) is 3.03. The Morgan fingerprint density at radius 2 is 1.96 bits per heavy atom. The third-order valence-corrected chi connectivity index (χ3v) is 4.50. The third-order valence-electron chi connectivity index (χ3n) is 4.50. The molecule has 3 rings (SSSR count). The van der Waals surface area contributed by atoms with Crippen molar-refractivity contribution in [1.29, 1.82) is 0 Å². The molecule has 142 valence electrons. The van der Waals surface area contributed by atoms with E-state index in [1.165, 1.54) is 0 Å². The molecule has 0 unspecified atom stereocenters. The number of fused-ring (bicyclic) bond motifs is 1. The Labute approximate surface area is 157 Å². The largest absolute Gasteiger partial charge is 0.461 e. The van der Waals surface area contributed by atoms with Gasteiger partial charge in [-0.3, -0.25) is 14.3 Å². The van der Waals surface area contributed by atoms with Gasteiger partial charge < -0.3 is 15.0 Å². The van der Waals surface area contributed by atoms with Crippen LogP contribution in [0.4, 0.5) is 0 Å². The summed E-state index contributed by atoms with van der Waals surface area (Å²) in [6.07, 6.45) is 0.594. The van der Waals surface area contributed by atoms with E-state index < -0.39 is 5.97 Å². The molecule has 0 radical (unpaired) electrons. The Morgan fingerprint density at radius 1 is 1.22 bits per heavy atom. The molecule has 8 heteroatoms. The summed E-state index contributed by atoms with van der Waals surface area (Å²) >= 11 is 0. The van der Waals surface area contributed by atoms with Gasteiger partial charge in [-0.15, -0.1) is 0 Å². The van der Waals surface area contributed by atoms with Gasteiger partial charge in [0.25, 0.3) is 5.91 Å². The molecule has 1 aliphatic rings. The van der Waals surface area contributed by atoms with Crippen molar-refractivity contribution in [1.82, 2.24) is 20.0 Å². The number of esters is 1. The normalized spacial score (nSPS) is 13.0. The first kappa shape index (κ1) is 18.6. The summed E-state index contributed by atoms with van der Waals surface area (Å²) in [7, 11) is 1.78. The molecule has 2 aromatic rings. The van der Waals surface area contributed by atoms with Crippen molar-refractivity contribution in [3.05, 3.63) is 52.8 Å². The van der Waals surface area contributed by atoms with Crippen molar-refractivity contribution >= 4 is 17.8 Å². The Balaban J connectivity index is 1.65. The Hall–Kier alpha value is -3.16. The number of benzene rings is 1. The van der Waals surface area contributed by atoms with Gasteiger partial charge in [-0.1, -0.05) is 18.2 Å². The van der Waals surface area contributed by atoms with Crippen LogP contribution in [0, 0.1) is 0 Å². The second-order valence-electron chi connectivity index (χ2n) is 6.23. The summed E-state index contributed by atoms with van der Waals surface area (Å²) in [6, 6.07) is 8.73. The zero-order chi connectivity index (χ0) is 19.4. The second kappa shape index (κ2) is 8.03. The molecule has 1 N–H and O–H groups in total. The number of aromatic nitrogens is 2. The van der Waals surface area contributed by atoms with E-state index in [9.17, 15) is 14.4 Å². The van der Waals surface area contributed by atoms with E-state index in [0.717, 1.165) is 5.69 Å². The number of hydrogen-bond donors (Lipinski definition) is 1. The van der Waals surface area contributed by atoms with Gasteiger partial charge in [-0.25, -0.2) is 4.79 Å². The number of rotatable bonds is 5. The van der Waals surface area contributed by atoms with E-state index in [4.69, 9.17) is 4.74 Å². The minimum absolute atomic E-state index is 0.0991. The summed E-state index contributed by atoms with van der Waals surface area (Å²) in [6.45, 7) is 2.68. The highest BCUT2D eigenvalue weighted by Gasteiger charge is 2.29. The summed E-state index contributed by atoms with van der Waals surface area (Å²) in [5.74, 6) is -0.986. The highest BCUT2D eigenvalue weighted by molar-refractivity contribution is 5.96. The van der Waals surface area contributed by atoms with Crippen molar-refractivity contribution < 1.29 is 19.1 Å². The smallest absolute Gasteiger partial charge is 0.359 e. The number of carbonyl (C=O) groups is 3. The zero-order valence-electron chi connectivity index (χ0n) is 15.4. The Bertz CT molecular complexity index is 860. The molecule has 2 amide bonds. The summed E-state index contributed by atoms with van der Waals surface area (Å²) in [5.41, 5.74) is 2.39. The molecule has 27 heavy (non-hydrogen) atoms. The maximum atomic E-state index is 12.5. The third kappa shape index (κ3) is 3.99. The zero-order valence-corrected chi connectivity index (χ0v) is 15.4. The molecule has 1 aromatic carbocycles. The van der Waals surface area contributed by atoms with Crippen molar-refractivity contribution in [2.24, 2.45) is 7.05 Å². The lowest BCUT2D eigenvalue weighted by Crippen LogP contribution is -2.43. The van der Waals surface area contributed by atoms with Crippen LogP contribution >= 0.6 is 0 Å². The first-order valence-corrected chi connectivity index (χ1v) is 8.84. The number of nitrogens with one attached hydrogen (secondary N) is 1. The predicted molar refractivity (Wildman–Crippen MR) is 97.1 cm³/mol. The highest BCUT2D eigenvalue weighted by Crippen LogP contribution is 2.22. The van der Waals surface area contributed by atoms with E-state index >= 15 is 0 Å². The van der Waals surface area contributed by atoms with Gasteiger partial charge in [0, 0.05) is 43.4 Å². The maximum absolute atomic E-state index is 12.5. The fourth-order valence-electron chi connectivity index (χ4n) is 3.13. The molecule has 0 saturated carbocycles. The minimum atomic E-state index is -0.485. The quantitative estimate of drug-likeness (QED) is 0.790. The molecule has 1 aliphatic heterocycles. The lowest BCUT2D eigenvalue weighted by atomic mass is 10.0. The molecule has 0 saturated heterocycles. The molecule has 0 spiro atoms. The van der Waals surface area contributed by atoms with E-state index in [1.54, 1.807) is 47.8 Å². The first-order valence-electron chi connectivity index (χ1n) is 8.84. The van der Waals surface area contributed by atoms with E-state index in [0.29, 0.717) is 24.1 Å². The number of ether oxygens (including phenoxy) is 1. The van der Waals surface area contributed by atoms with Gasteiger partial charge in [0.15, 0.2) is 5.69 Å². The van der Waals surface area contributed by atoms with Crippen LogP contribution in [0.3, 0.4) is 0 Å². The Morgan fingerprint density at radius 3 is 2.67 bits per heavy atom. The molecule has 0 fully saturated rings. The standard InChI is InChI=1S/C19H22N4O4/c1-3-27-19(26)17-14-12-23(10-9-15(14)22(2)21-17)16(24)11-20-18(25)13-7-5-4-6-8-13/h4-8H,3,9-12H2,1-2H3,(H,20,25). The lowest BCUT2D eigenvalue weighted by Gasteiger charge is -2.27. The highest BCUT2D eigenvalue weighted by atomic mass is 16.5. The van der Waals surface area contributed by atoms with Gasteiger partial charge in [-0.05, 0) is 19.1 Å². The molecular formula is C19H22N4O4. The molecule has 0 aliphatic carbocycles. The average molecular weight is 370 g/mol. The van der Waals surface area contributed by atoms with Gasteiger partial charge >= 0.3 is 5.97 Å². The number of amides is 2. The summed E-state index contributed by atoms with van der Waals surface area (Å²) in [5, 5.41) is 6.89. The van der Waals surface area contributed by atoms with Crippen LogP contribution in [0.2, 0.25) is 0 Å². The number of aryl methyl sites for hydroxylation is 1. The van der Waals surface area contributed by atoms with Crippen LogP contribution in [0.25, 0.3) is 0 Å². The Kier molecular flexibility index (Phi) is 5.54. The van der Waals surface area contributed by atoms with Crippen molar-refractivity contribution in [2.45, 2.75) is 19.9 Å². The minimum Gasteiger partial charge on any atom is -0.461 e. The summed E-state index contributed by atoms with van der Waals surface area (Å²) < 4.78 is 6.72. The molecule has 2 heterocycles. The SMILES string of the molecule is CCOC(=O)c1nn(C)c2c1CN(C(=O)CNC(=O)c1ccccc1)CC2. The molecule has 0 atom stereocenters. The van der Waals surface area contributed by atoms with Crippen molar-refractivity contribution in [2.75, 3.05) is 19.7 Å². The van der Waals surface area contributed by atoms with Gasteiger partial charge in [-0.2, -0.15) is 5.10 Å². The first-order chi connectivity index (χ1) is 13.0. The van der Waals surface area contributed by atoms with Gasteiger partial charge in [0.2, 0.25) is 5.91 Å². The summed E-state index contributed by atoms with van der Waals surface area (Å²) in [4.78, 5) is 38.4. The number of hydrogen-bond acceptors (Lipinski definition) is 5. The van der Waals surface area contributed by atoms with Gasteiger partial charge in [0.1, 0.15) is 0 Å². The number of nitrogens with zero attached hydrogens (tertiary/aromatic N) is 3. The molecule has 0 bridgehead atoms. The maximum Gasteiger partial charge on any atom is 0.359 e.